The molecule has 4 heteroatoms. The Kier molecular flexibility index (Phi) is 2.50. The molecule has 0 aromatic carbocycles. The van der Waals surface area contributed by atoms with Crippen molar-refractivity contribution in [3.8, 4) is 0 Å². The summed E-state index contributed by atoms with van der Waals surface area (Å²) in [6.07, 6.45) is 6.62. The van der Waals surface area contributed by atoms with Gasteiger partial charge in [0, 0.05) is 12.2 Å². The standard InChI is InChI=1S/C13H16N2O2/c16-13(17)12-10(2-1-7-14-12)15-11(8-3-4-8)9-5-6-9/h1-2,7-9,11,15H,3-6H2,(H,16,17). The summed E-state index contributed by atoms with van der Waals surface area (Å²) < 4.78 is 0. The molecule has 1 aromatic heterocycles. The fraction of sp³-hybridized carbons (Fsp3) is 0.538. The maximum absolute atomic E-state index is 11.1. The molecule has 0 radical (unpaired) electrons. The van der Waals surface area contributed by atoms with Gasteiger partial charge >= 0.3 is 5.97 Å². The monoisotopic (exact) mass is 232 g/mol. The van der Waals surface area contributed by atoms with Gasteiger partial charge in [0.25, 0.3) is 0 Å². The lowest BCUT2D eigenvalue weighted by molar-refractivity contribution is 0.0691. The van der Waals surface area contributed by atoms with Gasteiger partial charge in [0.2, 0.25) is 0 Å². The molecule has 2 fully saturated rings. The van der Waals surface area contributed by atoms with E-state index in [1.54, 1.807) is 6.07 Å². The Bertz CT molecular complexity index is 427. The minimum atomic E-state index is -0.960. The fourth-order valence-electron chi connectivity index (χ4n) is 2.40. The quantitative estimate of drug-likeness (QED) is 0.818. The van der Waals surface area contributed by atoms with Gasteiger partial charge in [0.15, 0.2) is 5.69 Å². The molecule has 90 valence electrons. The largest absolute Gasteiger partial charge is 0.476 e. The van der Waals surface area contributed by atoms with Crippen LogP contribution in [-0.2, 0) is 0 Å². The van der Waals surface area contributed by atoms with Crippen LogP contribution in [0.25, 0.3) is 0 Å². The normalized spacial score (nSPS) is 19.4. The smallest absolute Gasteiger partial charge is 0.356 e. The Hall–Kier alpha value is -1.58. The van der Waals surface area contributed by atoms with Crippen LogP contribution in [0.15, 0.2) is 18.3 Å². The van der Waals surface area contributed by atoms with Crippen molar-refractivity contribution in [1.82, 2.24) is 4.98 Å². The lowest BCUT2D eigenvalue weighted by Crippen LogP contribution is -2.25. The molecule has 1 heterocycles. The number of pyridine rings is 1. The first-order valence-electron chi connectivity index (χ1n) is 6.20. The molecule has 0 saturated heterocycles. The van der Waals surface area contributed by atoms with E-state index in [0.717, 1.165) is 11.8 Å². The third kappa shape index (κ3) is 2.25. The van der Waals surface area contributed by atoms with Gasteiger partial charge < -0.3 is 10.4 Å². The number of carboxylic acids is 1. The van der Waals surface area contributed by atoms with Crippen molar-refractivity contribution in [2.24, 2.45) is 11.8 Å². The lowest BCUT2D eigenvalue weighted by Gasteiger charge is -2.19. The van der Waals surface area contributed by atoms with Crippen molar-refractivity contribution in [3.63, 3.8) is 0 Å². The van der Waals surface area contributed by atoms with E-state index in [2.05, 4.69) is 10.3 Å². The number of aromatic nitrogens is 1. The molecule has 0 spiro atoms. The molecular formula is C13H16N2O2. The number of nitrogens with one attached hydrogen (secondary N) is 1. The van der Waals surface area contributed by atoms with Gasteiger partial charge in [0.1, 0.15) is 0 Å². The molecule has 17 heavy (non-hydrogen) atoms. The predicted molar refractivity (Wildman–Crippen MR) is 64.1 cm³/mol. The molecule has 0 atom stereocenters. The van der Waals surface area contributed by atoms with E-state index < -0.39 is 5.97 Å². The van der Waals surface area contributed by atoms with Crippen LogP contribution >= 0.6 is 0 Å². The third-order valence-corrected chi connectivity index (χ3v) is 3.59. The first-order chi connectivity index (χ1) is 8.25. The molecular weight excluding hydrogens is 216 g/mol. The van der Waals surface area contributed by atoms with E-state index in [1.807, 2.05) is 6.07 Å². The Morgan fingerprint density at radius 2 is 2.00 bits per heavy atom. The number of nitrogens with zero attached hydrogens (tertiary/aromatic N) is 1. The molecule has 4 nitrogen and oxygen atoms in total. The summed E-state index contributed by atoms with van der Waals surface area (Å²) in [6.45, 7) is 0. The zero-order chi connectivity index (χ0) is 11.8. The van der Waals surface area contributed by atoms with E-state index in [0.29, 0.717) is 11.7 Å². The van der Waals surface area contributed by atoms with Crippen LogP contribution < -0.4 is 5.32 Å². The summed E-state index contributed by atoms with van der Waals surface area (Å²) >= 11 is 0. The van der Waals surface area contributed by atoms with Gasteiger partial charge in [-0.1, -0.05) is 0 Å². The Labute approximate surface area is 100 Å². The minimum absolute atomic E-state index is 0.138. The first-order valence-corrected chi connectivity index (χ1v) is 6.20. The summed E-state index contributed by atoms with van der Waals surface area (Å²) in [7, 11) is 0. The SMILES string of the molecule is O=C(O)c1ncccc1NC(C1CC1)C1CC1. The fourth-order valence-corrected chi connectivity index (χ4v) is 2.40. The van der Waals surface area contributed by atoms with Gasteiger partial charge in [-0.25, -0.2) is 9.78 Å². The molecule has 3 rings (SSSR count). The van der Waals surface area contributed by atoms with Crippen LogP contribution in [0, 0.1) is 11.8 Å². The molecule has 2 N–H and O–H groups in total. The van der Waals surface area contributed by atoms with Gasteiger partial charge in [-0.3, -0.25) is 0 Å². The van der Waals surface area contributed by atoms with E-state index in [9.17, 15) is 4.79 Å². The maximum Gasteiger partial charge on any atom is 0.356 e. The summed E-state index contributed by atoms with van der Waals surface area (Å²) in [4.78, 5) is 15.0. The Morgan fingerprint density at radius 1 is 1.35 bits per heavy atom. The van der Waals surface area contributed by atoms with Crippen molar-refractivity contribution in [1.29, 1.82) is 0 Å². The number of anilines is 1. The van der Waals surface area contributed by atoms with Gasteiger partial charge in [-0.2, -0.15) is 0 Å². The van der Waals surface area contributed by atoms with E-state index in [1.165, 1.54) is 31.9 Å². The number of rotatable bonds is 5. The van der Waals surface area contributed by atoms with Crippen LogP contribution in [0.4, 0.5) is 5.69 Å². The second-order valence-corrected chi connectivity index (χ2v) is 5.05. The van der Waals surface area contributed by atoms with Crippen molar-refractivity contribution in [3.05, 3.63) is 24.0 Å². The molecule has 0 aliphatic heterocycles. The Balaban J connectivity index is 1.80. The first kappa shape index (κ1) is 10.6. The van der Waals surface area contributed by atoms with E-state index in [4.69, 9.17) is 5.11 Å². The molecule has 2 aliphatic carbocycles. The number of carbonyl (C=O) groups is 1. The third-order valence-electron chi connectivity index (χ3n) is 3.59. The molecule has 0 unspecified atom stereocenters. The Morgan fingerprint density at radius 3 is 2.53 bits per heavy atom. The van der Waals surface area contributed by atoms with Crippen LogP contribution in [0.1, 0.15) is 36.2 Å². The second-order valence-electron chi connectivity index (χ2n) is 5.05. The van der Waals surface area contributed by atoms with Crippen molar-refractivity contribution < 1.29 is 9.90 Å². The molecule has 2 aliphatic rings. The summed E-state index contributed by atoms with van der Waals surface area (Å²) in [6, 6.07) is 4.05. The van der Waals surface area contributed by atoms with Crippen LogP contribution in [0.2, 0.25) is 0 Å². The number of carboxylic acid groups (broad SMARTS) is 1. The predicted octanol–water partition coefficient (Wildman–Crippen LogP) is 2.38. The number of hydrogen-bond acceptors (Lipinski definition) is 3. The zero-order valence-electron chi connectivity index (χ0n) is 9.60. The highest BCUT2D eigenvalue weighted by molar-refractivity contribution is 5.91. The topological polar surface area (TPSA) is 62.2 Å². The van der Waals surface area contributed by atoms with Crippen LogP contribution in [0.5, 0.6) is 0 Å². The average Bonchev–Trinajstić information content (AvgIpc) is 3.16. The average molecular weight is 232 g/mol. The van der Waals surface area contributed by atoms with Crippen molar-refractivity contribution >= 4 is 11.7 Å². The van der Waals surface area contributed by atoms with Crippen LogP contribution in [-0.4, -0.2) is 22.1 Å². The lowest BCUT2D eigenvalue weighted by atomic mass is 10.1. The van der Waals surface area contributed by atoms with Gasteiger partial charge in [0.05, 0.1) is 5.69 Å². The van der Waals surface area contributed by atoms with Crippen molar-refractivity contribution in [2.45, 2.75) is 31.7 Å². The number of aromatic carboxylic acids is 1. The van der Waals surface area contributed by atoms with Crippen molar-refractivity contribution in [2.75, 3.05) is 5.32 Å². The van der Waals surface area contributed by atoms with Gasteiger partial charge in [-0.05, 0) is 49.7 Å². The van der Waals surface area contributed by atoms with Crippen LogP contribution in [0.3, 0.4) is 0 Å². The summed E-state index contributed by atoms with van der Waals surface area (Å²) in [5.41, 5.74) is 0.808. The summed E-state index contributed by atoms with van der Waals surface area (Å²) in [5, 5.41) is 12.5. The second kappa shape index (κ2) is 4.02. The highest BCUT2D eigenvalue weighted by Gasteiger charge is 2.41. The molecule has 2 saturated carbocycles. The molecule has 1 aromatic rings. The zero-order valence-corrected chi connectivity index (χ0v) is 9.60. The molecule has 0 bridgehead atoms. The number of hydrogen-bond donors (Lipinski definition) is 2. The minimum Gasteiger partial charge on any atom is -0.476 e. The van der Waals surface area contributed by atoms with Gasteiger partial charge in [-0.15, -0.1) is 0 Å². The van der Waals surface area contributed by atoms with E-state index >= 15 is 0 Å². The van der Waals surface area contributed by atoms with E-state index in [-0.39, 0.29) is 5.69 Å². The highest BCUT2D eigenvalue weighted by atomic mass is 16.4. The molecule has 0 amide bonds. The summed E-state index contributed by atoms with van der Waals surface area (Å²) in [5.74, 6) is 0.521. The highest BCUT2D eigenvalue weighted by Crippen LogP contribution is 2.46. The maximum atomic E-state index is 11.1.